The number of benzene rings is 2. The van der Waals surface area contributed by atoms with E-state index in [2.05, 4.69) is 21.7 Å². The minimum absolute atomic E-state index is 0.0527. The molecule has 0 aliphatic carbocycles. The average molecular weight is 403 g/mol. The molecule has 8 nitrogen and oxygen atoms in total. The van der Waals surface area contributed by atoms with Gasteiger partial charge in [0.15, 0.2) is 12.0 Å². The first-order chi connectivity index (χ1) is 14.2. The van der Waals surface area contributed by atoms with E-state index < -0.39 is 17.7 Å². The van der Waals surface area contributed by atoms with Crippen molar-refractivity contribution in [2.75, 3.05) is 5.32 Å². The van der Waals surface area contributed by atoms with Gasteiger partial charge in [-0.15, -0.1) is 0 Å². The van der Waals surface area contributed by atoms with Crippen LogP contribution in [0.4, 0.5) is 5.69 Å². The molecule has 8 heteroatoms. The fourth-order valence-electron chi connectivity index (χ4n) is 3.19. The Balaban J connectivity index is 2.00. The number of Topliss-reactive ketones (excluding diaryl/α,β-unsaturated/α-hetero) is 1. The second-order valence-corrected chi connectivity index (χ2v) is 7.43. The van der Waals surface area contributed by atoms with E-state index in [-0.39, 0.29) is 11.7 Å². The number of nitriles is 2. The van der Waals surface area contributed by atoms with E-state index in [1.807, 2.05) is 6.19 Å². The molecule has 1 heterocycles. The molecule has 3 N–H and O–H groups in total. The van der Waals surface area contributed by atoms with Crippen molar-refractivity contribution in [3.05, 3.63) is 59.2 Å². The molecule has 3 rings (SSSR count). The van der Waals surface area contributed by atoms with E-state index in [0.717, 1.165) is 0 Å². The highest BCUT2D eigenvalue weighted by atomic mass is 16.5. The number of carbonyl (C=O) groups excluding carboxylic acids is 1. The molecule has 0 amide bonds. The number of guanidine groups is 1. The molecule has 0 aromatic heterocycles. The number of ketones is 1. The number of ether oxygens (including phenoxy) is 1. The molecular weight excluding hydrogens is 382 g/mol. The molecule has 0 saturated heterocycles. The number of aliphatic hydroxyl groups is 1. The van der Waals surface area contributed by atoms with Gasteiger partial charge in [0.05, 0.1) is 11.6 Å². The van der Waals surface area contributed by atoms with Gasteiger partial charge in [0.1, 0.15) is 23.5 Å². The summed E-state index contributed by atoms with van der Waals surface area (Å²) >= 11 is 0. The molecule has 2 aromatic carbocycles. The fourth-order valence-corrected chi connectivity index (χ4v) is 3.19. The zero-order chi connectivity index (χ0) is 21.9. The normalized spacial score (nSPS) is 19.5. The van der Waals surface area contributed by atoms with Crippen LogP contribution in [-0.2, 0) is 0 Å². The first-order valence-corrected chi connectivity index (χ1v) is 9.27. The van der Waals surface area contributed by atoms with E-state index >= 15 is 0 Å². The van der Waals surface area contributed by atoms with E-state index in [4.69, 9.17) is 10.00 Å². The number of hydrogen-bond acceptors (Lipinski definition) is 6. The Bertz CT molecular complexity index is 1080. The lowest BCUT2D eigenvalue weighted by Crippen LogP contribution is -2.49. The van der Waals surface area contributed by atoms with E-state index in [1.54, 1.807) is 56.3 Å². The molecule has 0 radical (unpaired) electrons. The van der Waals surface area contributed by atoms with Crippen LogP contribution in [-0.4, -0.2) is 28.6 Å². The van der Waals surface area contributed by atoms with Crippen molar-refractivity contribution in [2.24, 2.45) is 4.99 Å². The molecule has 0 spiro atoms. The molecule has 1 aliphatic heterocycles. The number of nitrogens with one attached hydrogen (secondary N) is 2. The van der Waals surface area contributed by atoms with E-state index in [9.17, 15) is 15.2 Å². The predicted molar refractivity (Wildman–Crippen MR) is 111 cm³/mol. The Morgan fingerprint density at radius 2 is 1.90 bits per heavy atom. The topological polar surface area (TPSA) is 131 Å². The molecule has 1 aliphatic rings. The number of rotatable bonds is 3. The summed E-state index contributed by atoms with van der Waals surface area (Å²) in [6.45, 7) is 4.97. The monoisotopic (exact) mass is 403 g/mol. The number of aliphatic hydroxyl groups excluding tert-OH is 1. The molecule has 30 heavy (non-hydrogen) atoms. The molecule has 0 bridgehead atoms. The Labute approximate surface area is 174 Å². The van der Waals surface area contributed by atoms with Crippen LogP contribution in [0.25, 0.3) is 0 Å². The van der Waals surface area contributed by atoms with Crippen molar-refractivity contribution in [1.29, 1.82) is 10.5 Å². The van der Waals surface area contributed by atoms with Crippen molar-refractivity contribution in [3.63, 3.8) is 0 Å². The fraction of sp³-hybridized carbons (Fsp3) is 0.273. The Hall–Kier alpha value is -3.88. The molecule has 0 unspecified atom stereocenters. The standard InChI is InChI=1S/C22H21N5O3/c1-13(28)15-5-7-16(8-6-15)26-21(25-12-24)27-19-17-10-14(11-23)4-9-18(17)30-22(2,3)20(19)29/h4-10,19-20,29H,1-3H3,(H2,25,26,27)/t19-,20+/m1/s1. The van der Waals surface area contributed by atoms with Crippen LogP contribution in [0.5, 0.6) is 5.75 Å². The first-order valence-electron chi connectivity index (χ1n) is 9.27. The molecule has 2 atom stereocenters. The zero-order valence-corrected chi connectivity index (χ0v) is 16.8. The van der Waals surface area contributed by atoms with Gasteiger partial charge in [-0.3, -0.25) is 10.1 Å². The van der Waals surface area contributed by atoms with Gasteiger partial charge in [0, 0.05) is 16.8 Å². The Kier molecular flexibility index (Phi) is 5.72. The molecule has 0 fully saturated rings. The molecule has 0 saturated carbocycles. The number of nitrogens with zero attached hydrogens (tertiary/aromatic N) is 3. The van der Waals surface area contributed by atoms with E-state index in [1.165, 1.54) is 6.92 Å². The maximum absolute atomic E-state index is 11.4. The maximum Gasteiger partial charge on any atom is 0.209 e. The van der Waals surface area contributed by atoms with Gasteiger partial charge in [-0.25, -0.2) is 4.99 Å². The SMILES string of the molecule is CC(=O)c1ccc(NC(=N[C@@H]2c3cc(C#N)ccc3OC(C)(C)[C@H]2O)NC#N)cc1. The summed E-state index contributed by atoms with van der Waals surface area (Å²) < 4.78 is 5.89. The highest BCUT2D eigenvalue weighted by Crippen LogP contribution is 2.42. The summed E-state index contributed by atoms with van der Waals surface area (Å²) in [7, 11) is 0. The van der Waals surface area contributed by atoms with E-state index in [0.29, 0.717) is 28.1 Å². The minimum atomic E-state index is -1.03. The lowest BCUT2D eigenvalue weighted by atomic mass is 9.86. The summed E-state index contributed by atoms with van der Waals surface area (Å²) in [5.74, 6) is 0.575. The van der Waals surface area contributed by atoms with Crippen LogP contribution in [0, 0.1) is 22.8 Å². The van der Waals surface area contributed by atoms with Crippen molar-refractivity contribution < 1.29 is 14.6 Å². The van der Waals surface area contributed by atoms with Crippen LogP contribution in [0.15, 0.2) is 47.5 Å². The number of fused-ring (bicyclic) bond motifs is 1. The molecule has 152 valence electrons. The summed E-state index contributed by atoms with van der Waals surface area (Å²) in [6, 6.07) is 12.9. The largest absolute Gasteiger partial charge is 0.485 e. The van der Waals surface area contributed by atoms with Crippen LogP contribution < -0.4 is 15.4 Å². The smallest absolute Gasteiger partial charge is 0.209 e. The second-order valence-electron chi connectivity index (χ2n) is 7.43. The number of hydrogen-bond donors (Lipinski definition) is 3. The first kappa shape index (κ1) is 20.8. The summed E-state index contributed by atoms with van der Waals surface area (Å²) in [4.78, 5) is 16.0. The van der Waals surface area contributed by atoms with Gasteiger partial charge in [-0.1, -0.05) is 0 Å². The zero-order valence-electron chi connectivity index (χ0n) is 16.8. The predicted octanol–water partition coefficient (Wildman–Crippen LogP) is 2.87. The third kappa shape index (κ3) is 4.24. The van der Waals surface area contributed by atoms with Gasteiger partial charge in [-0.2, -0.15) is 10.5 Å². The van der Waals surface area contributed by atoms with Gasteiger partial charge in [0.25, 0.3) is 0 Å². The van der Waals surface area contributed by atoms with Crippen LogP contribution in [0.1, 0.15) is 48.3 Å². The number of aliphatic imine (C=N–C) groups is 1. The number of carbonyl (C=O) groups is 1. The average Bonchev–Trinajstić information content (AvgIpc) is 2.71. The highest BCUT2D eigenvalue weighted by molar-refractivity contribution is 5.97. The number of anilines is 1. The van der Waals surface area contributed by atoms with Crippen LogP contribution in [0.3, 0.4) is 0 Å². The van der Waals surface area contributed by atoms with Crippen molar-refractivity contribution in [2.45, 2.75) is 38.5 Å². The lowest BCUT2D eigenvalue weighted by Gasteiger charge is -2.40. The van der Waals surface area contributed by atoms with Gasteiger partial charge in [-0.05, 0) is 63.2 Å². The van der Waals surface area contributed by atoms with Crippen LogP contribution >= 0.6 is 0 Å². The van der Waals surface area contributed by atoms with Crippen LogP contribution in [0.2, 0.25) is 0 Å². The second kappa shape index (κ2) is 8.24. The van der Waals surface area contributed by atoms with Gasteiger partial charge >= 0.3 is 0 Å². The maximum atomic E-state index is 11.4. The Morgan fingerprint density at radius 1 is 1.20 bits per heavy atom. The Morgan fingerprint density at radius 3 is 2.50 bits per heavy atom. The van der Waals surface area contributed by atoms with Crippen molar-refractivity contribution in [1.82, 2.24) is 5.32 Å². The third-order valence-corrected chi connectivity index (χ3v) is 4.84. The quantitative estimate of drug-likeness (QED) is 0.236. The van der Waals surface area contributed by atoms with Gasteiger partial charge in [0.2, 0.25) is 5.96 Å². The summed E-state index contributed by atoms with van der Waals surface area (Å²) in [6.07, 6.45) is 0.796. The lowest BCUT2D eigenvalue weighted by molar-refractivity contribution is -0.0567. The summed E-state index contributed by atoms with van der Waals surface area (Å²) in [5.41, 5.74) is 1.19. The molecule has 2 aromatic rings. The minimum Gasteiger partial charge on any atom is -0.485 e. The van der Waals surface area contributed by atoms with Crippen molar-refractivity contribution in [3.8, 4) is 18.0 Å². The molecular formula is C22H21N5O3. The third-order valence-electron chi connectivity index (χ3n) is 4.84. The summed E-state index contributed by atoms with van der Waals surface area (Å²) in [5, 5.41) is 34.8. The highest BCUT2D eigenvalue weighted by Gasteiger charge is 2.43. The van der Waals surface area contributed by atoms with Crippen molar-refractivity contribution >= 4 is 17.4 Å². The van der Waals surface area contributed by atoms with Gasteiger partial charge < -0.3 is 15.2 Å².